The Morgan fingerprint density at radius 1 is 1.33 bits per heavy atom. The summed E-state index contributed by atoms with van der Waals surface area (Å²) in [6, 6.07) is 5.96. The van der Waals surface area contributed by atoms with E-state index in [0.29, 0.717) is 5.92 Å². The van der Waals surface area contributed by atoms with E-state index in [4.69, 9.17) is 10.7 Å². The number of rotatable bonds is 6. The van der Waals surface area contributed by atoms with E-state index >= 15 is 0 Å². The Bertz CT molecular complexity index is 631. The molecule has 1 aliphatic carbocycles. The average molecular weight is 287 g/mol. The number of hydrogen-bond donors (Lipinski definition) is 2. The van der Waals surface area contributed by atoms with Crippen LogP contribution in [0.2, 0.25) is 0 Å². The quantitative estimate of drug-likeness (QED) is 0.801. The summed E-state index contributed by atoms with van der Waals surface area (Å²) < 4.78 is 2.33. The first kappa shape index (κ1) is 14.4. The maximum atomic E-state index is 9.88. The highest BCUT2D eigenvalue weighted by Crippen LogP contribution is 2.42. The van der Waals surface area contributed by atoms with Crippen molar-refractivity contribution in [3.63, 3.8) is 0 Å². The van der Waals surface area contributed by atoms with Gasteiger partial charge in [-0.05, 0) is 43.9 Å². The summed E-state index contributed by atoms with van der Waals surface area (Å²) in [5.41, 5.74) is 8.72. The lowest BCUT2D eigenvalue weighted by Gasteiger charge is -2.30. The molecule has 1 aliphatic rings. The van der Waals surface area contributed by atoms with Gasteiger partial charge in [0, 0.05) is 23.6 Å². The van der Waals surface area contributed by atoms with Crippen LogP contribution in [0, 0.1) is 5.41 Å². The zero-order valence-corrected chi connectivity index (χ0v) is 13.0. The van der Waals surface area contributed by atoms with Gasteiger partial charge in [-0.15, -0.1) is 0 Å². The van der Waals surface area contributed by atoms with Gasteiger partial charge in [0.05, 0.1) is 17.6 Å². The third-order valence-electron chi connectivity index (χ3n) is 5.07. The molecule has 114 valence electrons. The maximum absolute atomic E-state index is 9.88. The maximum Gasteiger partial charge on any atom is 0.113 e. The minimum Gasteiger partial charge on any atom is -0.399 e. The summed E-state index contributed by atoms with van der Waals surface area (Å²) in [6.07, 6.45) is 4.39. The van der Waals surface area contributed by atoms with Crippen molar-refractivity contribution < 1.29 is 5.11 Å². The van der Waals surface area contributed by atoms with Gasteiger partial charge in [0.15, 0.2) is 0 Å². The number of aliphatic hydroxyl groups is 1. The Morgan fingerprint density at radius 2 is 2.05 bits per heavy atom. The van der Waals surface area contributed by atoms with Crippen LogP contribution in [-0.4, -0.2) is 21.3 Å². The van der Waals surface area contributed by atoms with Gasteiger partial charge in [0.25, 0.3) is 0 Å². The molecule has 0 atom stereocenters. The van der Waals surface area contributed by atoms with Gasteiger partial charge in [0.2, 0.25) is 0 Å². The molecule has 1 fully saturated rings. The minimum absolute atomic E-state index is 0.0569. The highest BCUT2D eigenvalue weighted by molar-refractivity contribution is 5.80. The summed E-state index contributed by atoms with van der Waals surface area (Å²) in [7, 11) is 0. The number of hydrogen-bond acceptors (Lipinski definition) is 3. The fourth-order valence-corrected chi connectivity index (χ4v) is 3.07. The third kappa shape index (κ3) is 2.53. The molecule has 21 heavy (non-hydrogen) atoms. The van der Waals surface area contributed by atoms with Crippen LogP contribution < -0.4 is 5.73 Å². The van der Waals surface area contributed by atoms with E-state index in [1.54, 1.807) is 0 Å². The van der Waals surface area contributed by atoms with Gasteiger partial charge in [-0.1, -0.05) is 13.8 Å². The molecule has 4 nitrogen and oxygen atoms in total. The third-order valence-corrected chi connectivity index (χ3v) is 5.07. The smallest absolute Gasteiger partial charge is 0.113 e. The van der Waals surface area contributed by atoms with E-state index in [0.717, 1.165) is 36.1 Å². The van der Waals surface area contributed by atoms with Crippen LogP contribution in [0.25, 0.3) is 11.0 Å². The van der Waals surface area contributed by atoms with Gasteiger partial charge in [-0.25, -0.2) is 4.98 Å². The standard InChI is InChI=1S/C17H25N3O/c1-3-17(4-2,11-21)10-20-15-8-7-13(18)9-14(15)19-16(20)12-5-6-12/h7-9,12,21H,3-6,10-11,18H2,1-2H3. The van der Waals surface area contributed by atoms with Crippen LogP contribution in [0.1, 0.15) is 51.3 Å². The van der Waals surface area contributed by atoms with Crippen LogP contribution in [-0.2, 0) is 6.54 Å². The molecule has 1 saturated carbocycles. The van der Waals surface area contributed by atoms with E-state index in [9.17, 15) is 5.11 Å². The Morgan fingerprint density at radius 3 is 2.62 bits per heavy atom. The lowest BCUT2D eigenvalue weighted by atomic mass is 9.83. The normalized spacial score (nSPS) is 15.8. The monoisotopic (exact) mass is 287 g/mol. The van der Waals surface area contributed by atoms with E-state index in [-0.39, 0.29) is 12.0 Å². The topological polar surface area (TPSA) is 64.1 Å². The van der Waals surface area contributed by atoms with E-state index in [1.165, 1.54) is 18.7 Å². The number of nitrogens with two attached hydrogens (primary N) is 1. The molecule has 0 aliphatic heterocycles. The number of anilines is 1. The lowest BCUT2D eigenvalue weighted by molar-refractivity contribution is 0.0961. The zero-order valence-electron chi connectivity index (χ0n) is 13.0. The molecule has 3 rings (SSSR count). The Hall–Kier alpha value is -1.55. The van der Waals surface area contributed by atoms with E-state index in [2.05, 4.69) is 24.5 Å². The van der Waals surface area contributed by atoms with Crippen molar-refractivity contribution in [3.05, 3.63) is 24.0 Å². The molecule has 1 aromatic heterocycles. The fourth-order valence-electron chi connectivity index (χ4n) is 3.07. The molecule has 0 saturated heterocycles. The molecule has 0 unspecified atom stereocenters. The Kier molecular flexibility index (Phi) is 3.66. The van der Waals surface area contributed by atoms with E-state index < -0.39 is 0 Å². The first-order valence-electron chi connectivity index (χ1n) is 7.99. The van der Waals surface area contributed by atoms with Crippen molar-refractivity contribution in [1.29, 1.82) is 0 Å². The molecule has 1 aromatic carbocycles. The van der Waals surface area contributed by atoms with E-state index in [1.807, 2.05) is 12.1 Å². The van der Waals surface area contributed by atoms with Crippen LogP contribution in [0.3, 0.4) is 0 Å². The summed E-state index contributed by atoms with van der Waals surface area (Å²) in [6.45, 7) is 5.38. The number of benzene rings is 1. The number of aliphatic hydroxyl groups excluding tert-OH is 1. The number of imidazole rings is 1. The van der Waals surface area contributed by atoms with Gasteiger partial charge in [-0.3, -0.25) is 0 Å². The average Bonchev–Trinajstić information content (AvgIpc) is 3.28. The molecule has 0 radical (unpaired) electrons. The second-order valence-electron chi connectivity index (χ2n) is 6.44. The first-order valence-corrected chi connectivity index (χ1v) is 7.99. The number of nitrogens with zero attached hydrogens (tertiary/aromatic N) is 2. The number of nitrogen functional groups attached to an aromatic ring is 1. The highest BCUT2D eigenvalue weighted by atomic mass is 16.3. The van der Waals surface area contributed by atoms with Crippen molar-refractivity contribution >= 4 is 16.7 Å². The zero-order chi connectivity index (χ0) is 15.0. The number of aromatic nitrogens is 2. The summed E-state index contributed by atoms with van der Waals surface area (Å²) in [5.74, 6) is 1.76. The first-order chi connectivity index (χ1) is 10.1. The van der Waals surface area contributed by atoms with Gasteiger partial charge in [0.1, 0.15) is 5.82 Å². The second-order valence-corrected chi connectivity index (χ2v) is 6.44. The van der Waals surface area contributed by atoms with Crippen molar-refractivity contribution in [2.75, 3.05) is 12.3 Å². The molecule has 3 N–H and O–H groups in total. The van der Waals surface area contributed by atoms with Crippen LogP contribution in [0.4, 0.5) is 5.69 Å². The number of fused-ring (bicyclic) bond motifs is 1. The summed E-state index contributed by atoms with van der Waals surface area (Å²) in [5, 5.41) is 9.88. The summed E-state index contributed by atoms with van der Waals surface area (Å²) >= 11 is 0. The van der Waals surface area contributed by atoms with Gasteiger partial charge in [-0.2, -0.15) is 0 Å². The largest absolute Gasteiger partial charge is 0.399 e. The second kappa shape index (κ2) is 5.34. The molecule has 2 aromatic rings. The van der Waals surface area contributed by atoms with Crippen LogP contribution in [0.5, 0.6) is 0 Å². The molecule has 1 heterocycles. The molecule has 0 amide bonds. The van der Waals surface area contributed by atoms with Crippen molar-refractivity contribution in [1.82, 2.24) is 9.55 Å². The van der Waals surface area contributed by atoms with Crippen LogP contribution >= 0.6 is 0 Å². The minimum atomic E-state index is -0.0569. The highest BCUT2D eigenvalue weighted by Gasteiger charge is 2.33. The molecule has 4 heteroatoms. The fraction of sp³-hybridized carbons (Fsp3) is 0.588. The molecule has 0 bridgehead atoms. The Balaban J connectivity index is 2.09. The molecular formula is C17H25N3O. The summed E-state index contributed by atoms with van der Waals surface area (Å²) in [4.78, 5) is 4.82. The lowest BCUT2D eigenvalue weighted by Crippen LogP contribution is -2.30. The molecule has 0 spiro atoms. The van der Waals surface area contributed by atoms with Crippen molar-refractivity contribution in [2.45, 2.75) is 52.0 Å². The predicted molar refractivity (Wildman–Crippen MR) is 86.2 cm³/mol. The van der Waals surface area contributed by atoms with Crippen LogP contribution in [0.15, 0.2) is 18.2 Å². The predicted octanol–water partition coefficient (Wildman–Crippen LogP) is 3.29. The van der Waals surface area contributed by atoms with Gasteiger partial charge < -0.3 is 15.4 Å². The molecular weight excluding hydrogens is 262 g/mol. The SMILES string of the molecule is CCC(CC)(CO)Cn1c(C2CC2)nc2cc(N)ccc21. The van der Waals surface area contributed by atoms with Gasteiger partial charge >= 0.3 is 0 Å². The Labute approximate surface area is 126 Å². The van der Waals surface area contributed by atoms with Crippen molar-refractivity contribution in [3.8, 4) is 0 Å². The van der Waals surface area contributed by atoms with Crippen molar-refractivity contribution in [2.24, 2.45) is 5.41 Å².